The molecule has 0 aliphatic carbocycles. The van der Waals surface area contributed by atoms with Crippen LogP contribution in [0.5, 0.6) is 17.2 Å². The maximum Gasteiger partial charge on any atom is 0.167 e. The van der Waals surface area contributed by atoms with Crippen molar-refractivity contribution in [3.63, 3.8) is 0 Å². The molecule has 30 heavy (non-hydrogen) atoms. The topological polar surface area (TPSA) is 88.4 Å². The number of para-hydroxylation sites is 2. The molecule has 0 aliphatic heterocycles. The quantitative estimate of drug-likeness (QED) is 0.481. The normalized spacial score (nSPS) is 10.1. The van der Waals surface area contributed by atoms with Gasteiger partial charge in [0.05, 0.1) is 18.2 Å². The van der Waals surface area contributed by atoms with Crippen LogP contribution in [0, 0.1) is 0 Å². The molecule has 3 aromatic carbocycles. The Bertz CT molecular complexity index is 1130. The number of benzene rings is 3. The van der Waals surface area contributed by atoms with E-state index in [-0.39, 0.29) is 11.5 Å². The third-order valence-corrected chi connectivity index (χ3v) is 4.25. The van der Waals surface area contributed by atoms with E-state index in [1.807, 2.05) is 44.2 Å². The van der Waals surface area contributed by atoms with Crippen LogP contribution in [0.25, 0.3) is 34.2 Å². The molecular weight excluding hydrogens is 378 g/mol. The summed E-state index contributed by atoms with van der Waals surface area (Å²) in [5.74, 6) is 2.06. The van der Waals surface area contributed by atoms with E-state index in [9.17, 15) is 10.2 Å². The molecule has 4 rings (SSSR count). The zero-order valence-corrected chi connectivity index (χ0v) is 17.1. The van der Waals surface area contributed by atoms with Gasteiger partial charge in [-0.1, -0.05) is 38.1 Å². The molecule has 1 aromatic heterocycles. The number of aromatic nitrogens is 3. The predicted molar refractivity (Wildman–Crippen MR) is 117 cm³/mol. The number of phenols is 2. The highest BCUT2D eigenvalue weighted by Crippen LogP contribution is 2.32. The molecule has 0 amide bonds. The Balaban J connectivity index is 0.00000124. The molecule has 6 heteroatoms. The van der Waals surface area contributed by atoms with Crippen molar-refractivity contribution in [3.05, 3.63) is 72.8 Å². The van der Waals surface area contributed by atoms with Gasteiger partial charge in [-0.05, 0) is 48.5 Å². The van der Waals surface area contributed by atoms with Crippen molar-refractivity contribution in [2.45, 2.75) is 13.8 Å². The van der Waals surface area contributed by atoms with Crippen molar-refractivity contribution in [2.24, 2.45) is 0 Å². The summed E-state index contributed by atoms with van der Waals surface area (Å²) < 4.78 is 5.45. The number of rotatable bonds is 4. The van der Waals surface area contributed by atoms with Crippen molar-refractivity contribution >= 4 is 0 Å². The highest BCUT2D eigenvalue weighted by molar-refractivity contribution is 5.71. The summed E-state index contributed by atoms with van der Waals surface area (Å²) in [6.45, 7) is 4.00. The highest BCUT2D eigenvalue weighted by Gasteiger charge is 2.16. The van der Waals surface area contributed by atoms with Gasteiger partial charge in [-0.2, -0.15) is 0 Å². The van der Waals surface area contributed by atoms with Gasteiger partial charge in [0.25, 0.3) is 0 Å². The Kier molecular flexibility index (Phi) is 6.60. The Morgan fingerprint density at radius 2 is 1.17 bits per heavy atom. The van der Waals surface area contributed by atoms with E-state index in [0.717, 1.165) is 0 Å². The van der Waals surface area contributed by atoms with Gasteiger partial charge in [0.1, 0.15) is 17.2 Å². The van der Waals surface area contributed by atoms with E-state index < -0.39 is 0 Å². The van der Waals surface area contributed by atoms with Crippen LogP contribution in [-0.2, 0) is 0 Å². The second-order valence-corrected chi connectivity index (χ2v) is 6.07. The third-order valence-electron chi connectivity index (χ3n) is 4.25. The molecule has 2 N–H and O–H groups in total. The summed E-state index contributed by atoms with van der Waals surface area (Å²) in [4.78, 5) is 13.7. The zero-order valence-electron chi connectivity index (χ0n) is 17.1. The molecule has 0 saturated heterocycles. The number of phenolic OH excluding ortho intramolecular Hbond substituents is 2. The smallest absolute Gasteiger partial charge is 0.167 e. The van der Waals surface area contributed by atoms with Crippen molar-refractivity contribution < 1.29 is 14.9 Å². The lowest BCUT2D eigenvalue weighted by Crippen LogP contribution is -2.01. The lowest BCUT2D eigenvalue weighted by atomic mass is 10.1. The Morgan fingerprint density at radius 3 is 1.80 bits per heavy atom. The van der Waals surface area contributed by atoms with Gasteiger partial charge >= 0.3 is 0 Å². The third kappa shape index (κ3) is 4.38. The number of ether oxygens (including phenoxy) is 1. The molecule has 0 spiro atoms. The molecule has 0 saturated carbocycles. The fourth-order valence-electron chi connectivity index (χ4n) is 2.85. The largest absolute Gasteiger partial charge is 0.508 e. The van der Waals surface area contributed by atoms with Crippen LogP contribution < -0.4 is 4.74 Å². The average molecular weight is 401 g/mol. The minimum atomic E-state index is 0.0799. The number of aromatic hydroxyl groups is 2. The molecule has 0 unspecified atom stereocenters. The van der Waals surface area contributed by atoms with Crippen LogP contribution in [-0.4, -0.2) is 32.3 Å². The molecule has 1 heterocycles. The van der Waals surface area contributed by atoms with Crippen LogP contribution in [0.4, 0.5) is 0 Å². The van der Waals surface area contributed by atoms with Crippen LogP contribution >= 0.6 is 0 Å². The molecule has 0 fully saturated rings. The average Bonchev–Trinajstić information content (AvgIpc) is 2.81. The summed E-state index contributed by atoms with van der Waals surface area (Å²) in [7, 11) is 1.59. The van der Waals surface area contributed by atoms with Gasteiger partial charge in [-0.15, -0.1) is 0 Å². The fraction of sp³-hybridized carbons (Fsp3) is 0.125. The molecule has 0 radical (unpaired) electrons. The summed E-state index contributed by atoms with van der Waals surface area (Å²) in [6.07, 6.45) is 0. The summed E-state index contributed by atoms with van der Waals surface area (Å²) in [6, 6.07) is 20.9. The molecule has 152 valence electrons. The molecular formula is C24H23N3O3. The Hall–Kier alpha value is -3.93. The van der Waals surface area contributed by atoms with Crippen molar-refractivity contribution in [2.75, 3.05) is 7.11 Å². The molecule has 0 atom stereocenters. The minimum Gasteiger partial charge on any atom is -0.508 e. The van der Waals surface area contributed by atoms with Gasteiger partial charge in [-0.25, -0.2) is 15.0 Å². The maximum absolute atomic E-state index is 10.3. The Morgan fingerprint density at radius 1 is 0.633 bits per heavy atom. The van der Waals surface area contributed by atoms with E-state index in [1.54, 1.807) is 49.6 Å². The first-order valence-electron chi connectivity index (χ1n) is 9.63. The standard InChI is InChI=1S/C22H17N3O3.C2H6/c1-28-19-9-5-3-7-17(19)22-24-20(14-10-12-15(26)13-11-14)23-21(25-22)16-6-2-4-8-18(16)27;1-2/h2-13,26-27H,1H3;1-2H3. The summed E-state index contributed by atoms with van der Waals surface area (Å²) >= 11 is 0. The van der Waals surface area contributed by atoms with Crippen LogP contribution in [0.2, 0.25) is 0 Å². The first kappa shape index (κ1) is 20.8. The molecule has 6 nitrogen and oxygen atoms in total. The molecule has 0 aliphatic rings. The van der Waals surface area contributed by atoms with Gasteiger partial charge < -0.3 is 14.9 Å². The van der Waals surface area contributed by atoms with Crippen molar-refractivity contribution in [3.8, 4) is 51.4 Å². The maximum atomic E-state index is 10.3. The first-order chi connectivity index (χ1) is 14.7. The zero-order chi connectivity index (χ0) is 21.5. The highest BCUT2D eigenvalue weighted by atomic mass is 16.5. The van der Waals surface area contributed by atoms with Gasteiger partial charge in [-0.3, -0.25) is 0 Å². The van der Waals surface area contributed by atoms with Crippen LogP contribution in [0.1, 0.15) is 13.8 Å². The van der Waals surface area contributed by atoms with Crippen molar-refractivity contribution in [1.82, 2.24) is 15.0 Å². The van der Waals surface area contributed by atoms with Gasteiger partial charge in [0.2, 0.25) is 0 Å². The van der Waals surface area contributed by atoms with Gasteiger partial charge in [0, 0.05) is 5.56 Å². The van der Waals surface area contributed by atoms with E-state index in [1.165, 1.54) is 0 Å². The minimum absolute atomic E-state index is 0.0799. The van der Waals surface area contributed by atoms with E-state index in [0.29, 0.717) is 39.9 Å². The van der Waals surface area contributed by atoms with Crippen molar-refractivity contribution in [1.29, 1.82) is 0 Å². The lowest BCUT2D eigenvalue weighted by molar-refractivity contribution is 0.416. The number of nitrogens with zero attached hydrogens (tertiary/aromatic N) is 3. The van der Waals surface area contributed by atoms with E-state index in [2.05, 4.69) is 15.0 Å². The Labute approximate surface area is 175 Å². The number of hydrogen-bond acceptors (Lipinski definition) is 6. The molecule has 4 aromatic rings. The van der Waals surface area contributed by atoms with Crippen LogP contribution in [0.3, 0.4) is 0 Å². The second kappa shape index (κ2) is 9.52. The SMILES string of the molecule is CC.COc1ccccc1-c1nc(-c2ccc(O)cc2)nc(-c2ccccc2O)n1. The van der Waals surface area contributed by atoms with Gasteiger partial charge in [0.15, 0.2) is 17.5 Å². The first-order valence-corrected chi connectivity index (χ1v) is 9.63. The molecule has 0 bridgehead atoms. The van der Waals surface area contributed by atoms with E-state index in [4.69, 9.17) is 4.74 Å². The number of methoxy groups -OCH3 is 1. The number of hydrogen-bond donors (Lipinski definition) is 2. The summed E-state index contributed by atoms with van der Waals surface area (Å²) in [5.41, 5.74) is 1.93. The monoisotopic (exact) mass is 401 g/mol. The van der Waals surface area contributed by atoms with Crippen LogP contribution in [0.15, 0.2) is 72.8 Å². The van der Waals surface area contributed by atoms with E-state index >= 15 is 0 Å². The fourth-order valence-corrected chi connectivity index (χ4v) is 2.85. The lowest BCUT2D eigenvalue weighted by Gasteiger charge is -2.11. The summed E-state index contributed by atoms with van der Waals surface area (Å²) in [5, 5.41) is 19.8. The second-order valence-electron chi connectivity index (χ2n) is 6.07. The predicted octanol–water partition coefficient (Wildman–Crippen LogP) is 5.32.